The standard InChI is InChI=1S/C18H14BrFN2O2S/c1-24-13-6-7-15(16(20)9-13)17(23)22-18-21-10-14(25-18)8-11-2-4-12(19)5-3-11/h2-7,9-10H,8H2,1H3,(H,21,22,23). The highest BCUT2D eigenvalue weighted by atomic mass is 79.9. The second kappa shape index (κ2) is 7.76. The highest BCUT2D eigenvalue weighted by Crippen LogP contribution is 2.23. The summed E-state index contributed by atoms with van der Waals surface area (Å²) in [6, 6.07) is 12.1. The van der Waals surface area contributed by atoms with Gasteiger partial charge in [-0.3, -0.25) is 10.1 Å². The monoisotopic (exact) mass is 420 g/mol. The number of aromatic nitrogens is 1. The Morgan fingerprint density at radius 2 is 2.04 bits per heavy atom. The van der Waals surface area contributed by atoms with E-state index in [1.165, 1.54) is 30.6 Å². The number of rotatable bonds is 5. The average molecular weight is 421 g/mol. The van der Waals surface area contributed by atoms with Crippen molar-refractivity contribution >= 4 is 38.3 Å². The average Bonchev–Trinajstić information content (AvgIpc) is 3.03. The zero-order chi connectivity index (χ0) is 17.8. The molecule has 0 radical (unpaired) electrons. The smallest absolute Gasteiger partial charge is 0.260 e. The summed E-state index contributed by atoms with van der Waals surface area (Å²) in [6.45, 7) is 0. The molecule has 0 fully saturated rings. The number of anilines is 1. The summed E-state index contributed by atoms with van der Waals surface area (Å²) in [4.78, 5) is 17.4. The number of hydrogen-bond donors (Lipinski definition) is 1. The van der Waals surface area contributed by atoms with Crippen LogP contribution in [0.4, 0.5) is 9.52 Å². The van der Waals surface area contributed by atoms with Gasteiger partial charge in [-0.15, -0.1) is 11.3 Å². The fourth-order valence-corrected chi connectivity index (χ4v) is 3.33. The molecule has 3 rings (SSSR count). The number of thiazole rings is 1. The minimum atomic E-state index is -0.636. The molecule has 7 heteroatoms. The van der Waals surface area contributed by atoms with Crippen LogP contribution in [-0.4, -0.2) is 18.0 Å². The SMILES string of the molecule is COc1ccc(C(=O)Nc2ncc(Cc3ccc(Br)cc3)s2)c(F)c1. The predicted octanol–water partition coefficient (Wildman–Crippen LogP) is 4.90. The molecule has 25 heavy (non-hydrogen) atoms. The molecule has 1 heterocycles. The quantitative estimate of drug-likeness (QED) is 0.638. The summed E-state index contributed by atoms with van der Waals surface area (Å²) in [5.41, 5.74) is 1.09. The van der Waals surface area contributed by atoms with E-state index in [0.29, 0.717) is 10.9 Å². The van der Waals surface area contributed by atoms with E-state index in [1.54, 1.807) is 12.3 Å². The van der Waals surface area contributed by atoms with E-state index < -0.39 is 11.7 Å². The third-order valence-electron chi connectivity index (χ3n) is 3.49. The Bertz CT molecular complexity index is 896. The summed E-state index contributed by atoms with van der Waals surface area (Å²) in [7, 11) is 1.44. The minimum Gasteiger partial charge on any atom is -0.497 e. The lowest BCUT2D eigenvalue weighted by Crippen LogP contribution is -2.13. The van der Waals surface area contributed by atoms with Gasteiger partial charge in [0.05, 0.1) is 12.7 Å². The van der Waals surface area contributed by atoms with Crippen LogP contribution in [0, 0.1) is 5.82 Å². The first-order chi connectivity index (χ1) is 12.0. The van der Waals surface area contributed by atoms with Crippen molar-refractivity contribution in [3.8, 4) is 5.75 Å². The van der Waals surface area contributed by atoms with Gasteiger partial charge in [0.2, 0.25) is 0 Å². The van der Waals surface area contributed by atoms with E-state index >= 15 is 0 Å². The fraction of sp³-hybridized carbons (Fsp3) is 0.111. The lowest BCUT2D eigenvalue weighted by atomic mass is 10.1. The van der Waals surface area contributed by atoms with Crippen molar-refractivity contribution < 1.29 is 13.9 Å². The van der Waals surface area contributed by atoms with Crippen LogP contribution in [0.1, 0.15) is 20.8 Å². The van der Waals surface area contributed by atoms with Crippen LogP contribution in [0.25, 0.3) is 0 Å². The molecule has 4 nitrogen and oxygen atoms in total. The van der Waals surface area contributed by atoms with Gasteiger partial charge in [-0.25, -0.2) is 9.37 Å². The van der Waals surface area contributed by atoms with Gasteiger partial charge in [0.1, 0.15) is 11.6 Å². The van der Waals surface area contributed by atoms with Crippen LogP contribution in [0.5, 0.6) is 5.75 Å². The van der Waals surface area contributed by atoms with Gasteiger partial charge >= 0.3 is 0 Å². The predicted molar refractivity (Wildman–Crippen MR) is 100.0 cm³/mol. The molecule has 1 amide bonds. The van der Waals surface area contributed by atoms with Crippen molar-refractivity contribution in [3.63, 3.8) is 0 Å². The molecule has 0 unspecified atom stereocenters. The number of nitrogens with one attached hydrogen (secondary N) is 1. The molecule has 0 atom stereocenters. The van der Waals surface area contributed by atoms with Gasteiger partial charge < -0.3 is 4.74 Å². The van der Waals surface area contributed by atoms with E-state index in [4.69, 9.17) is 4.74 Å². The van der Waals surface area contributed by atoms with Crippen LogP contribution in [0.3, 0.4) is 0 Å². The number of ether oxygens (including phenoxy) is 1. The highest BCUT2D eigenvalue weighted by Gasteiger charge is 2.14. The first-order valence-corrected chi connectivity index (χ1v) is 9.00. The van der Waals surface area contributed by atoms with Gasteiger partial charge in [0.25, 0.3) is 5.91 Å². The number of nitrogens with zero attached hydrogens (tertiary/aromatic N) is 1. The molecule has 1 aromatic heterocycles. The van der Waals surface area contributed by atoms with Crippen LogP contribution >= 0.6 is 27.3 Å². The van der Waals surface area contributed by atoms with Crippen molar-refractivity contribution in [2.45, 2.75) is 6.42 Å². The van der Waals surface area contributed by atoms with Crippen molar-refractivity contribution in [1.82, 2.24) is 4.98 Å². The molecule has 0 saturated heterocycles. The van der Waals surface area contributed by atoms with Gasteiger partial charge in [-0.05, 0) is 29.8 Å². The number of hydrogen-bond acceptors (Lipinski definition) is 4. The van der Waals surface area contributed by atoms with Crippen molar-refractivity contribution in [2.75, 3.05) is 12.4 Å². The normalized spacial score (nSPS) is 10.5. The Morgan fingerprint density at radius 1 is 1.28 bits per heavy atom. The molecule has 0 saturated carbocycles. The molecule has 3 aromatic rings. The van der Waals surface area contributed by atoms with E-state index in [2.05, 4.69) is 26.2 Å². The molecular formula is C18H14BrFN2O2S. The van der Waals surface area contributed by atoms with Gasteiger partial charge in [-0.2, -0.15) is 0 Å². The van der Waals surface area contributed by atoms with Crippen LogP contribution in [-0.2, 0) is 6.42 Å². The summed E-state index contributed by atoms with van der Waals surface area (Å²) < 4.78 is 19.9. The van der Waals surface area contributed by atoms with E-state index in [9.17, 15) is 9.18 Å². The second-order valence-electron chi connectivity index (χ2n) is 5.23. The number of amides is 1. The number of halogens is 2. The molecule has 2 aromatic carbocycles. The molecule has 0 aliphatic carbocycles. The lowest BCUT2D eigenvalue weighted by Gasteiger charge is -2.05. The third-order valence-corrected chi connectivity index (χ3v) is 4.93. The summed E-state index contributed by atoms with van der Waals surface area (Å²) in [5, 5.41) is 3.07. The maximum atomic E-state index is 14.0. The number of carbonyl (C=O) groups excluding carboxylic acids is 1. The minimum absolute atomic E-state index is 0.0505. The molecular weight excluding hydrogens is 407 g/mol. The number of benzene rings is 2. The summed E-state index contributed by atoms with van der Waals surface area (Å²) >= 11 is 4.77. The fourth-order valence-electron chi connectivity index (χ4n) is 2.22. The number of methoxy groups -OCH3 is 1. The van der Waals surface area contributed by atoms with Crippen LogP contribution in [0.15, 0.2) is 53.1 Å². The van der Waals surface area contributed by atoms with Gasteiger partial charge in [0, 0.05) is 28.0 Å². The molecule has 1 N–H and O–H groups in total. The Kier molecular flexibility index (Phi) is 5.45. The number of carbonyl (C=O) groups is 1. The summed E-state index contributed by atoms with van der Waals surface area (Å²) in [5.74, 6) is -0.812. The Labute approximate surface area is 156 Å². The largest absolute Gasteiger partial charge is 0.497 e. The molecule has 128 valence electrons. The zero-order valence-electron chi connectivity index (χ0n) is 13.3. The Balaban J connectivity index is 1.68. The van der Waals surface area contributed by atoms with E-state index in [1.807, 2.05) is 24.3 Å². The topological polar surface area (TPSA) is 51.2 Å². The lowest BCUT2D eigenvalue weighted by molar-refractivity contribution is 0.102. The van der Waals surface area contributed by atoms with Crippen molar-refractivity contribution in [3.05, 3.63) is 75.0 Å². The Morgan fingerprint density at radius 3 is 2.72 bits per heavy atom. The van der Waals surface area contributed by atoms with E-state index in [0.717, 1.165) is 21.3 Å². The third kappa shape index (κ3) is 4.43. The highest BCUT2D eigenvalue weighted by molar-refractivity contribution is 9.10. The van der Waals surface area contributed by atoms with Gasteiger partial charge in [-0.1, -0.05) is 28.1 Å². The van der Waals surface area contributed by atoms with Crippen LogP contribution < -0.4 is 10.1 Å². The Hall–Kier alpha value is -2.25. The maximum absolute atomic E-state index is 14.0. The molecule has 0 aliphatic rings. The second-order valence-corrected chi connectivity index (χ2v) is 7.27. The zero-order valence-corrected chi connectivity index (χ0v) is 15.7. The summed E-state index contributed by atoms with van der Waals surface area (Å²) in [6.07, 6.45) is 2.43. The van der Waals surface area contributed by atoms with Gasteiger partial charge in [0.15, 0.2) is 5.13 Å². The molecule has 0 spiro atoms. The molecule has 0 bridgehead atoms. The first-order valence-electron chi connectivity index (χ1n) is 7.39. The van der Waals surface area contributed by atoms with Crippen LogP contribution in [0.2, 0.25) is 0 Å². The first kappa shape index (κ1) is 17.6. The molecule has 0 aliphatic heterocycles. The van der Waals surface area contributed by atoms with Crippen molar-refractivity contribution in [1.29, 1.82) is 0 Å². The maximum Gasteiger partial charge on any atom is 0.260 e. The van der Waals surface area contributed by atoms with Crippen molar-refractivity contribution in [2.24, 2.45) is 0 Å². The van der Waals surface area contributed by atoms with E-state index in [-0.39, 0.29) is 5.56 Å².